The van der Waals surface area contributed by atoms with Crippen molar-refractivity contribution in [3.8, 4) is 0 Å². The van der Waals surface area contributed by atoms with Crippen molar-refractivity contribution >= 4 is 18.3 Å². The molecule has 1 amide bonds. The van der Waals surface area contributed by atoms with Crippen molar-refractivity contribution in [1.82, 2.24) is 4.90 Å². The van der Waals surface area contributed by atoms with Gasteiger partial charge in [0.2, 0.25) is 5.91 Å². The Hall–Kier alpha value is -1.20. The molecule has 0 bridgehead atoms. The molecule has 1 heterocycles. The zero-order valence-electron chi connectivity index (χ0n) is 13.2. The molecule has 2 N–H and O–H groups in total. The minimum atomic E-state index is -0.842. The Morgan fingerprint density at radius 3 is 2.48 bits per heavy atom. The normalized spacial score (nSPS) is 25.7. The molecule has 0 spiro atoms. The lowest BCUT2D eigenvalue weighted by molar-refractivity contribution is -0.134. The lowest BCUT2D eigenvalue weighted by atomic mass is 9.91. The van der Waals surface area contributed by atoms with Crippen LogP contribution < -0.4 is 5.73 Å². The summed E-state index contributed by atoms with van der Waals surface area (Å²) < 4.78 is 26.3. The number of likely N-dealkylation sites (tertiary alicyclic amines) is 1. The summed E-state index contributed by atoms with van der Waals surface area (Å²) in [5, 5.41) is 0. The van der Waals surface area contributed by atoms with Gasteiger partial charge < -0.3 is 10.6 Å². The van der Waals surface area contributed by atoms with Gasteiger partial charge >= 0.3 is 0 Å². The zero-order chi connectivity index (χ0) is 15.9. The molecule has 23 heavy (non-hydrogen) atoms. The minimum Gasteiger partial charge on any atom is -0.342 e. The molecule has 1 saturated carbocycles. The van der Waals surface area contributed by atoms with Crippen LogP contribution in [0.2, 0.25) is 0 Å². The topological polar surface area (TPSA) is 46.3 Å². The molecule has 0 radical (unpaired) electrons. The Bertz CT molecular complexity index is 574. The Morgan fingerprint density at radius 2 is 1.91 bits per heavy atom. The first kappa shape index (κ1) is 18.1. The fraction of sp³-hybridized carbons (Fsp3) is 0.588. The number of hydrogen-bond acceptors (Lipinski definition) is 2. The SMILES string of the molecule is CC(N)C1CCN(C(=O)C2CC2c2ccc(F)c(F)c2)CC1.Cl. The Labute approximate surface area is 141 Å². The predicted molar refractivity (Wildman–Crippen MR) is 87.4 cm³/mol. The zero-order valence-corrected chi connectivity index (χ0v) is 14.0. The van der Waals surface area contributed by atoms with Crippen molar-refractivity contribution in [2.75, 3.05) is 13.1 Å². The lowest BCUT2D eigenvalue weighted by Gasteiger charge is -2.34. The summed E-state index contributed by atoms with van der Waals surface area (Å²) in [6.45, 7) is 3.53. The van der Waals surface area contributed by atoms with E-state index in [1.807, 2.05) is 11.8 Å². The van der Waals surface area contributed by atoms with Gasteiger partial charge in [-0.15, -0.1) is 12.4 Å². The number of halogens is 3. The molecule has 2 aliphatic rings. The monoisotopic (exact) mass is 344 g/mol. The second-order valence-corrected chi connectivity index (χ2v) is 6.64. The number of rotatable bonds is 3. The van der Waals surface area contributed by atoms with Crippen molar-refractivity contribution in [2.24, 2.45) is 17.6 Å². The van der Waals surface area contributed by atoms with Gasteiger partial charge in [0.25, 0.3) is 0 Å². The van der Waals surface area contributed by atoms with Gasteiger partial charge in [0, 0.05) is 25.0 Å². The van der Waals surface area contributed by atoms with Gasteiger partial charge in [-0.2, -0.15) is 0 Å². The van der Waals surface area contributed by atoms with Gasteiger partial charge in [-0.05, 0) is 55.7 Å². The molecule has 128 valence electrons. The van der Waals surface area contributed by atoms with Crippen LogP contribution in [0.5, 0.6) is 0 Å². The molecule has 1 aromatic rings. The van der Waals surface area contributed by atoms with E-state index in [2.05, 4.69) is 0 Å². The van der Waals surface area contributed by atoms with Crippen LogP contribution >= 0.6 is 12.4 Å². The molecule has 1 aromatic carbocycles. The highest BCUT2D eigenvalue weighted by Gasteiger charge is 2.46. The maximum Gasteiger partial charge on any atom is 0.226 e. The highest BCUT2D eigenvalue weighted by molar-refractivity contribution is 5.85. The van der Waals surface area contributed by atoms with E-state index in [1.165, 1.54) is 6.07 Å². The smallest absolute Gasteiger partial charge is 0.226 e. The van der Waals surface area contributed by atoms with Crippen LogP contribution in [0.4, 0.5) is 8.78 Å². The number of nitrogens with two attached hydrogens (primary N) is 1. The molecular weight excluding hydrogens is 322 g/mol. The third-order valence-corrected chi connectivity index (χ3v) is 5.07. The van der Waals surface area contributed by atoms with E-state index in [-0.39, 0.29) is 36.2 Å². The van der Waals surface area contributed by atoms with Crippen LogP contribution in [0.25, 0.3) is 0 Å². The Morgan fingerprint density at radius 1 is 1.26 bits per heavy atom. The van der Waals surface area contributed by atoms with Crippen LogP contribution in [0.1, 0.15) is 37.7 Å². The highest BCUT2D eigenvalue weighted by Crippen LogP contribution is 2.49. The molecule has 3 nitrogen and oxygen atoms in total. The van der Waals surface area contributed by atoms with E-state index < -0.39 is 11.6 Å². The number of carbonyl (C=O) groups is 1. The summed E-state index contributed by atoms with van der Waals surface area (Å²) in [6, 6.07) is 4.11. The molecule has 3 unspecified atom stereocenters. The van der Waals surface area contributed by atoms with Crippen molar-refractivity contribution in [2.45, 2.75) is 38.1 Å². The van der Waals surface area contributed by atoms with Gasteiger partial charge in [-0.1, -0.05) is 6.07 Å². The van der Waals surface area contributed by atoms with E-state index in [1.54, 1.807) is 6.07 Å². The number of piperidine rings is 1. The van der Waals surface area contributed by atoms with Crippen molar-refractivity contribution in [3.63, 3.8) is 0 Å². The van der Waals surface area contributed by atoms with Gasteiger partial charge in [-0.3, -0.25) is 4.79 Å². The number of hydrogen-bond donors (Lipinski definition) is 1. The third kappa shape index (κ3) is 3.83. The molecule has 1 aliphatic carbocycles. The maximum absolute atomic E-state index is 13.3. The first-order valence-electron chi connectivity index (χ1n) is 7.96. The van der Waals surface area contributed by atoms with Crippen LogP contribution in [0.15, 0.2) is 18.2 Å². The Balaban J connectivity index is 0.00000192. The fourth-order valence-electron chi connectivity index (χ4n) is 3.46. The number of carbonyl (C=O) groups excluding carboxylic acids is 1. The van der Waals surface area contributed by atoms with E-state index in [0.29, 0.717) is 5.92 Å². The predicted octanol–water partition coefficient (Wildman–Crippen LogP) is 3.08. The summed E-state index contributed by atoms with van der Waals surface area (Å²) in [5.41, 5.74) is 6.64. The lowest BCUT2D eigenvalue weighted by Crippen LogP contribution is -2.43. The number of nitrogens with zero attached hydrogens (tertiary/aromatic N) is 1. The summed E-state index contributed by atoms with van der Waals surface area (Å²) in [5.74, 6) is -1.08. The van der Waals surface area contributed by atoms with Gasteiger partial charge in [-0.25, -0.2) is 8.78 Å². The molecule has 1 saturated heterocycles. The Kier molecular flexibility index (Phi) is 5.63. The molecule has 0 aromatic heterocycles. The van der Waals surface area contributed by atoms with Crippen LogP contribution in [0, 0.1) is 23.5 Å². The quantitative estimate of drug-likeness (QED) is 0.916. The van der Waals surface area contributed by atoms with Crippen molar-refractivity contribution in [1.29, 1.82) is 0 Å². The van der Waals surface area contributed by atoms with Crippen LogP contribution in [-0.2, 0) is 4.79 Å². The summed E-state index contributed by atoms with van der Waals surface area (Å²) in [4.78, 5) is 14.4. The van der Waals surface area contributed by atoms with E-state index >= 15 is 0 Å². The van der Waals surface area contributed by atoms with E-state index in [9.17, 15) is 13.6 Å². The first-order chi connectivity index (χ1) is 10.5. The van der Waals surface area contributed by atoms with Crippen molar-refractivity contribution < 1.29 is 13.6 Å². The van der Waals surface area contributed by atoms with E-state index in [0.717, 1.165) is 44.0 Å². The summed E-state index contributed by atoms with van der Waals surface area (Å²) >= 11 is 0. The highest BCUT2D eigenvalue weighted by atomic mass is 35.5. The van der Waals surface area contributed by atoms with Gasteiger partial charge in [0.15, 0.2) is 11.6 Å². The minimum absolute atomic E-state index is 0. The second-order valence-electron chi connectivity index (χ2n) is 6.64. The molecule has 3 atom stereocenters. The average molecular weight is 345 g/mol. The van der Waals surface area contributed by atoms with E-state index in [4.69, 9.17) is 5.73 Å². The molecule has 6 heteroatoms. The molecular formula is C17H23ClF2N2O. The largest absolute Gasteiger partial charge is 0.342 e. The number of benzene rings is 1. The first-order valence-corrected chi connectivity index (χ1v) is 7.96. The van der Waals surface area contributed by atoms with Crippen LogP contribution in [-0.4, -0.2) is 29.9 Å². The third-order valence-electron chi connectivity index (χ3n) is 5.07. The molecule has 3 rings (SSSR count). The summed E-state index contributed by atoms with van der Waals surface area (Å²) in [7, 11) is 0. The fourth-order valence-corrected chi connectivity index (χ4v) is 3.46. The average Bonchev–Trinajstić information content (AvgIpc) is 3.30. The van der Waals surface area contributed by atoms with Crippen LogP contribution in [0.3, 0.4) is 0 Å². The second kappa shape index (κ2) is 7.14. The van der Waals surface area contributed by atoms with Gasteiger partial charge in [0.1, 0.15) is 0 Å². The number of amides is 1. The van der Waals surface area contributed by atoms with Crippen molar-refractivity contribution in [3.05, 3.63) is 35.4 Å². The standard InChI is InChI=1S/C17H22F2N2O.ClH/c1-10(20)11-4-6-21(7-5-11)17(22)14-9-13(14)12-2-3-15(18)16(19)8-12;/h2-3,8,10-11,13-14H,4-7,9,20H2,1H3;1H. The summed E-state index contributed by atoms with van der Waals surface area (Å²) in [6.07, 6.45) is 2.63. The molecule has 2 fully saturated rings. The molecule has 1 aliphatic heterocycles. The maximum atomic E-state index is 13.3. The van der Waals surface area contributed by atoms with Gasteiger partial charge in [0.05, 0.1) is 0 Å².